The highest BCUT2D eigenvalue weighted by atomic mass is 16.1. The monoisotopic (exact) mass is 452 g/mol. The first kappa shape index (κ1) is 26.6. The normalized spacial score (nSPS) is 18.5. The number of rotatable bonds is 12. The van der Waals surface area contributed by atoms with Crippen molar-refractivity contribution in [2.24, 2.45) is 0 Å². The first-order valence-electron chi connectivity index (χ1n) is 12.0. The van der Waals surface area contributed by atoms with Crippen LogP contribution in [0.25, 0.3) is 0 Å². The van der Waals surface area contributed by atoms with E-state index in [-0.39, 0.29) is 5.91 Å². The smallest absolute Gasteiger partial charge is 0.220 e. The van der Waals surface area contributed by atoms with Crippen molar-refractivity contribution in [3.8, 4) is 0 Å². The third kappa shape index (κ3) is 12.2. The molecule has 1 aromatic carbocycles. The summed E-state index contributed by atoms with van der Waals surface area (Å²) >= 11 is 0. The summed E-state index contributed by atoms with van der Waals surface area (Å²) in [7, 11) is 2.17. The van der Waals surface area contributed by atoms with Gasteiger partial charge in [-0.15, -0.1) is 0 Å². The Morgan fingerprint density at radius 3 is 2.70 bits per heavy atom. The number of carbonyl (C=O) groups excluding carboxylic acids is 2. The lowest BCUT2D eigenvalue weighted by Gasteiger charge is -2.36. The molecule has 1 unspecified atom stereocenters. The van der Waals surface area contributed by atoms with Crippen LogP contribution in [-0.2, 0) is 9.59 Å². The second kappa shape index (κ2) is 16.0. The fraction of sp³-hybridized carbons (Fsp3) is 0.481. The van der Waals surface area contributed by atoms with E-state index >= 15 is 0 Å². The number of para-hydroxylation sites is 1. The van der Waals surface area contributed by atoms with E-state index in [1.165, 1.54) is 5.69 Å². The fourth-order valence-corrected chi connectivity index (χ4v) is 3.63. The maximum Gasteiger partial charge on any atom is 0.220 e. The van der Waals surface area contributed by atoms with E-state index in [9.17, 15) is 9.59 Å². The molecule has 0 radical (unpaired) electrons. The summed E-state index contributed by atoms with van der Waals surface area (Å²) in [4.78, 5) is 25.5. The molecule has 1 aliphatic heterocycles. The van der Waals surface area contributed by atoms with Gasteiger partial charge in [0.2, 0.25) is 5.91 Å². The summed E-state index contributed by atoms with van der Waals surface area (Å²) in [5, 5.41) is 6.44. The largest absolute Gasteiger partial charge is 0.373 e. The number of piperazine rings is 1. The van der Waals surface area contributed by atoms with E-state index in [2.05, 4.69) is 76.5 Å². The molecule has 1 heterocycles. The molecule has 180 valence electrons. The molecule has 1 aromatic rings. The zero-order valence-electron chi connectivity index (χ0n) is 20.0. The minimum atomic E-state index is 0.00889. The second-order valence-corrected chi connectivity index (χ2v) is 8.55. The summed E-state index contributed by atoms with van der Waals surface area (Å²) < 4.78 is 0. The predicted octanol–water partition coefficient (Wildman–Crippen LogP) is 3.33. The number of amides is 1. The highest BCUT2D eigenvalue weighted by Crippen LogP contribution is 2.18. The molecule has 33 heavy (non-hydrogen) atoms. The summed E-state index contributed by atoms with van der Waals surface area (Å²) in [5.74, 6) is 0.00889. The van der Waals surface area contributed by atoms with E-state index < -0.39 is 0 Å². The van der Waals surface area contributed by atoms with Gasteiger partial charge in [-0.25, -0.2) is 0 Å². The molecule has 2 aliphatic rings. The van der Waals surface area contributed by atoms with Crippen LogP contribution >= 0.6 is 0 Å². The number of aldehydes is 1. The summed E-state index contributed by atoms with van der Waals surface area (Å²) in [6.07, 6.45) is 14.9. The molecule has 1 amide bonds. The zero-order valence-corrected chi connectivity index (χ0v) is 20.0. The number of benzene rings is 1. The van der Waals surface area contributed by atoms with Gasteiger partial charge in [-0.05, 0) is 31.4 Å². The Morgan fingerprint density at radius 1 is 1.21 bits per heavy atom. The number of nitrogens with zero attached hydrogens (tertiary/aromatic N) is 2. The van der Waals surface area contributed by atoms with Crippen molar-refractivity contribution in [3.05, 3.63) is 67.3 Å². The Morgan fingerprint density at radius 2 is 2.00 bits per heavy atom. The van der Waals surface area contributed by atoms with E-state index in [1.807, 2.05) is 12.2 Å². The number of allylic oxidation sites excluding steroid dienone is 4. The van der Waals surface area contributed by atoms with E-state index in [4.69, 9.17) is 0 Å². The van der Waals surface area contributed by atoms with Crippen LogP contribution in [0, 0.1) is 0 Å². The number of hydrogen-bond acceptors (Lipinski definition) is 5. The number of anilines is 1. The fourth-order valence-electron chi connectivity index (χ4n) is 3.63. The lowest BCUT2D eigenvalue weighted by molar-refractivity contribution is -0.122. The molecule has 6 heteroatoms. The van der Waals surface area contributed by atoms with Gasteiger partial charge in [0.1, 0.15) is 6.29 Å². The van der Waals surface area contributed by atoms with E-state index in [0.29, 0.717) is 24.9 Å². The van der Waals surface area contributed by atoms with Crippen LogP contribution in [-0.4, -0.2) is 68.9 Å². The van der Waals surface area contributed by atoms with Crippen LogP contribution < -0.4 is 15.5 Å². The average Bonchev–Trinajstić information content (AvgIpc) is 3.65. The molecule has 2 N–H and O–H groups in total. The highest BCUT2D eigenvalue weighted by molar-refractivity contribution is 5.78. The van der Waals surface area contributed by atoms with Crippen molar-refractivity contribution in [1.29, 1.82) is 0 Å². The van der Waals surface area contributed by atoms with Gasteiger partial charge in [-0.3, -0.25) is 4.79 Å². The average molecular weight is 453 g/mol. The number of likely N-dealkylation sites (N-methyl/N-ethyl adjacent to an activating group) is 1. The molecule has 1 aliphatic carbocycles. The first-order chi connectivity index (χ1) is 16.1. The summed E-state index contributed by atoms with van der Waals surface area (Å²) in [6, 6.07) is 11.5. The number of nitrogens with one attached hydrogen (secondary N) is 2. The van der Waals surface area contributed by atoms with Crippen molar-refractivity contribution >= 4 is 17.9 Å². The SMILES string of the molecule is C=C/C=C\C=C/CCN1CCNC(CN(C)c2ccccc2)C1.O=CCCC(=O)NC1CC1. The second-order valence-electron chi connectivity index (χ2n) is 8.55. The van der Waals surface area contributed by atoms with Crippen molar-refractivity contribution in [3.63, 3.8) is 0 Å². The van der Waals surface area contributed by atoms with Gasteiger partial charge in [0.05, 0.1) is 0 Å². The Balaban J connectivity index is 0.000000321. The zero-order chi connectivity index (χ0) is 23.7. The molecule has 1 saturated carbocycles. The van der Waals surface area contributed by atoms with Gasteiger partial charge in [-0.2, -0.15) is 0 Å². The molecule has 2 fully saturated rings. The van der Waals surface area contributed by atoms with Crippen molar-refractivity contribution in [1.82, 2.24) is 15.5 Å². The topological polar surface area (TPSA) is 64.7 Å². The van der Waals surface area contributed by atoms with Crippen LogP contribution in [0.5, 0.6) is 0 Å². The van der Waals surface area contributed by atoms with Crippen molar-refractivity contribution < 1.29 is 9.59 Å². The minimum absolute atomic E-state index is 0.00889. The third-order valence-electron chi connectivity index (χ3n) is 5.57. The van der Waals surface area contributed by atoms with Crippen LogP contribution in [0.3, 0.4) is 0 Å². The quantitative estimate of drug-likeness (QED) is 0.376. The van der Waals surface area contributed by atoms with Gasteiger partial charge in [0.25, 0.3) is 0 Å². The van der Waals surface area contributed by atoms with Crippen LogP contribution in [0.1, 0.15) is 32.1 Å². The lowest BCUT2D eigenvalue weighted by atomic mass is 10.1. The first-order valence-corrected chi connectivity index (χ1v) is 12.0. The predicted molar refractivity (Wildman–Crippen MR) is 137 cm³/mol. The Labute approximate surface area is 199 Å². The molecule has 0 spiro atoms. The molecular formula is C27H40N4O2. The molecule has 0 bridgehead atoms. The molecule has 1 saturated heterocycles. The summed E-state index contributed by atoms with van der Waals surface area (Å²) in [5.41, 5.74) is 1.28. The molecular weight excluding hydrogens is 412 g/mol. The van der Waals surface area contributed by atoms with Gasteiger partial charge in [0.15, 0.2) is 0 Å². The van der Waals surface area contributed by atoms with Gasteiger partial charge < -0.3 is 25.2 Å². The Bertz CT molecular complexity index is 759. The van der Waals surface area contributed by atoms with Crippen LogP contribution in [0.2, 0.25) is 0 Å². The van der Waals surface area contributed by atoms with Crippen molar-refractivity contribution in [2.75, 3.05) is 44.7 Å². The molecule has 6 nitrogen and oxygen atoms in total. The number of carbonyl (C=O) groups is 2. The lowest BCUT2D eigenvalue weighted by Crippen LogP contribution is -2.54. The third-order valence-corrected chi connectivity index (χ3v) is 5.57. The number of hydrogen-bond donors (Lipinski definition) is 2. The molecule has 1 atom stereocenters. The molecule has 0 aromatic heterocycles. The van der Waals surface area contributed by atoms with E-state index in [1.54, 1.807) is 6.08 Å². The van der Waals surface area contributed by atoms with Gasteiger partial charge in [-0.1, -0.05) is 55.2 Å². The maximum absolute atomic E-state index is 10.8. The van der Waals surface area contributed by atoms with E-state index in [0.717, 1.165) is 58.3 Å². The van der Waals surface area contributed by atoms with Crippen LogP contribution in [0.4, 0.5) is 5.69 Å². The Hall–Kier alpha value is -2.70. The standard InChI is InChI=1S/C20H29N3.C7H11NO2/c1-3-4-5-6-7-11-15-23-16-14-21-19(18-23)17-22(2)20-12-9-8-10-13-20;9-5-1-2-7(10)8-6-3-4-6/h3-10,12-13,19,21H,1,11,14-18H2,2H3;5-6H,1-4H2,(H,8,10)/b5-4-,7-6-;. The minimum Gasteiger partial charge on any atom is -0.373 e. The van der Waals surface area contributed by atoms with Gasteiger partial charge >= 0.3 is 0 Å². The van der Waals surface area contributed by atoms with Crippen molar-refractivity contribution in [2.45, 2.75) is 44.2 Å². The highest BCUT2D eigenvalue weighted by Gasteiger charge is 2.22. The maximum atomic E-state index is 10.8. The molecule has 3 rings (SSSR count). The Kier molecular flexibility index (Phi) is 12.9. The van der Waals surface area contributed by atoms with Crippen LogP contribution in [0.15, 0.2) is 67.3 Å². The van der Waals surface area contributed by atoms with Gasteiger partial charge in [0, 0.05) is 70.4 Å². The summed E-state index contributed by atoms with van der Waals surface area (Å²) in [6.45, 7) is 9.17.